The number of carbonyl (C=O) groups excluding carboxylic acids is 2. The summed E-state index contributed by atoms with van der Waals surface area (Å²) in [7, 11) is 0. The molecule has 196 valence electrons. The molecule has 1 aliphatic rings. The molecular weight excluding hydrogens is 462 g/mol. The van der Waals surface area contributed by atoms with Gasteiger partial charge in [-0.1, -0.05) is 39.3 Å². The first-order chi connectivity index (χ1) is 16.2. The maximum atomic E-state index is 13.3. The molecule has 0 saturated heterocycles. The first-order valence-corrected chi connectivity index (χ1v) is 13.5. The Morgan fingerprint density at radius 2 is 1.83 bits per heavy atom. The zero-order valence-corrected chi connectivity index (χ0v) is 23.3. The third-order valence-electron chi connectivity index (χ3n) is 7.42. The maximum Gasteiger partial charge on any atom is 0.311 e. The lowest BCUT2D eigenvalue weighted by Crippen LogP contribution is -2.49. The highest BCUT2D eigenvalue weighted by Crippen LogP contribution is 2.34. The zero-order chi connectivity index (χ0) is 26.5. The van der Waals surface area contributed by atoms with Crippen molar-refractivity contribution in [1.29, 1.82) is 0 Å². The number of esters is 1. The summed E-state index contributed by atoms with van der Waals surface area (Å²) in [6.07, 6.45) is 4.56. The molecule has 1 aromatic rings. The highest BCUT2D eigenvalue weighted by atomic mass is 32.1. The van der Waals surface area contributed by atoms with Gasteiger partial charge in [-0.3, -0.25) is 9.59 Å². The SMILES string of the molecule is C/C1=C/C[C@@H](/C(C)=C/c2csc(C)n2)OC(=O)C(C)[C@H](O)C(C)(C)C(=O)C(C)[C@@H](O)[C@@H](C)CCC1. The van der Waals surface area contributed by atoms with Crippen LogP contribution in [0.2, 0.25) is 0 Å². The second-order valence-electron chi connectivity index (χ2n) is 10.9. The highest BCUT2D eigenvalue weighted by molar-refractivity contribution is 7.09. The van der Waals surface area contributed by atoms with E-state index in [9.17, 15) is 19.8 Å². The molecule has 0 aliphatic carbocycles. The molecule has 0 saturated carbocycles. The number of aryl methyl sites for hydroxylation is 1. The third kappa shape index (κ3) is 7.58. The molecule has 6 atom stereocenters. The van der Waals surface area contributed by atoms with E-state index in [0.717, 1.165) is 35.5 Å². The summed E-state index contributed by atoms with van der Waals surface area (Å²) < 4.78 is 5.92. The van der Waals surface area contributed by atoms with Gasteiger partial charge in [-0.25, -0.2) is 4.98 Å². The van der Waals surface area contributed by atoms with Crippen LogP contribution in [0.4, 0.5) is 0 Å². The van der Waals surface area contributed by atoms with Crippen LogP contribution in [0.25, 0.3) is 6.08 Å². The summed E-state index contributed by atoms with van der Waals surface area (Å²) in [6, 6.07) is 0. The lowest BCUT2D eigenvalue weighted by molar-refractivity contribution is -0.161. The summed E-state index contributed by atoms with van der Waals surface area (Å²) in [5.41, 5.74) is 1.67. The number of ether oxygens (including phenoxy) is 1. The van der Waals surface area contributed by atoms with Gasteiger partial charge in [0.15, 0.2) is 0 Å². The Bertz CT molecular complexity index is 947. The Balaban J connectivity index is 2.40. The quantitative estimate of drug-likeness (QED) is 0.406. The molecule has 1 aromatic heterocycles. The van der Waals surface area contributed by atoms with E-state index >= 15 is 0 Å². The number of rotatable bonds is 2. The maximum absolute atomic E-state index is 13.3. The predicted molar refractivity (Wildman–Crippen MR) is 141 cm³/mol. The van der Waals surface area contributed by atoms with Gasteiger partial charge in [0.1, 0.15) is 11.9 Å². The molecule has 6 nitrogen and oxygen atoms in total. The van der Waals surface area contributed by atoms with Crippen LogP contribution in [0, 0.1) is 30.1 Å². The van der Waals surface area contributed by atoms with Gasteiger partial charge in [0.2, 0.25) is 0 Å². The minimum absolute atomic E-state index is 0.0514. The van der Waals surface area contributed by atoms with Crippen molar-refractivity contribution in [2.75, 3.05) is 0 Å². The first kappa shape index (κ1) is 29.4. The molecule has 35 heavy (non-hydrogen) atoms. The number of nitrogens with zero attached hydrogens (tertiary/aromatic N) is 1. The van der Waals surface area contributed by atoms with Gasteiger partial charge < -0.3 is 14.9 Å². The number of allylic oxidation sites excluding steroid dienone is 1. The molecule has 0 aromatic carbocycles. The Kier molecular flexibility index (Phi) is 10.4. The second-order valence-corrected chi connectivity index (χ2v) is 11.9. The molecule has 0 bridgehead atoms. The molecule has 2 unspecified atom stereocenters. The van der Waals surface area contributed by atoms with Crippen LogP contribution in [0.3, 0.4) is 0 Å². The van der Waals surface area contributed by atoms with E-state index in [0.29, 0.717) is 6.42 Å². The fourth-order valence-electron chi connectivity index (χ4n) is 4.77. The van der Waals surface area contributed by atoms with Crippen LogP contribution >= 0.6 is 11.3 Å². The van der Waals surface area contributed by atoms with Gasteiger partial charge in [0.25, 0.3) is 0 Å². The predicted octanol–water partition coefficient (Wildman–Crippen LogP) is 5.51. The fourth-order valence-corrected chi connectivity index (χ4v) is 5.34. The zero-order valence-electron chi connectivity index (χ0n) is 22.5. The lowest BCUT2D eigenvalue weighted by atomic mass is 9.71. The van der Waals surface area contributed by atoms with Crippen molar-refractivity contribution in [3.8, 4) is 0 Å². The molecule has 0 spiro atoms. The number of ketones is 1. The number of aliphatic hydroxyl groups excluding tert-OH is 2. The number of Topliss-reactive ketones (excluding diaryl/α,β-unsaturated/α-hetero) is 1. The van der Waals surface area contributed by atoms with Gasteiger partial charge in [-0.15, -0.1) is 11.3 Å². The van der Waals surface area contributed by atoms with E-state index < -0.39 is 41.5 Å². The van der Waals surface area contributed by atoms with Crippen molar-refractivity contribution in [3.05, 3.63) is 33.3 Å². The summed E-state index contributed by atoms with van der Waals surface area (Å²) in [5, 5.41) is 24.9. The number of hydrogen-bond donors (Lipinski definition) is 2. The summed E-state index contributed by atoms with van der Waals surface area (Å²) in [5.74, 6) is -2.42. The van der Waals surface area contributed by atoms with E-state index in [1.807, 2.05) is 32.2 Å². The summed E-state index contributed by atoms with van der Waals surface area (Å²) in [4.78, 5) is 31.0. The Hall–Kier alpha value is -1.83. The van der Waals surface area contributed by atoms with Crippen molar-refractivity contribution >= 4 is 29.2 Å². The molecular formula is C28H43NO5S. The molecule has 0 radical (unpaired) electrons. The molecule has 2 heterocycles. The number of cyclic esters (lactones) is 1. The summed E-state index contributed by atoms with van der Waals surface area (Å²) in [6.45, 7) is 14.5. The van der Waals surface area contributed by atoms with Gasteiger partial charge in [0, 0.05) is 17.7 Å². The minimum atomic E-state index is -1.25. The van der Waals surface area contributed by atoms with Crippen LogP contribution in [-0.4, -0.2) is 45.3 Å². The molecule has 0 fully saturated rings. The molecule has 1 aliphatic heterocycles. The topological polar surface area (TPSA) is 96.7 Å². The molecule has 0 amide bonds. The van der Waals surface area contributed by atoms with E-state index in [1.54, 1.807) is 39.0 Å². The number of aliphatic hydroxyl groups is 2. The van der Waals surface area contributed by atoms with Crippen molar-refractivity contribution in [3.63, 3.8) is 0 Å². The van der Waals surface area contributed by atoms with Crippen molar-refractivity contribution < 1.29 is 24.5 Å². The Morgan fingerprint density at radius 3 is 2.43 bits per heavy atom. The summed E-state index contributed by atoms with van der Waals surface area (Å²) >= 11 is 1.56. The third-order valence-corrected chi connectivity index (χ3v) is 8.21. The number of carbonyl (C=O) groups is 2. The van der Waals surface area contributed by atoms with Crippen molar-refractivity contribution in [1.82, 2.24) is 4.98 Å². The average molecular weight is 506 g/mol. The fraction of sp³-hybridized carbons (Fsp3) is 0.679. The standard InChI is InChI=1S/C28H43NO5S/c1-16-10-9-11-17(2)24(30)19(4)25(31)28(7,8)26(32)20(5)27(33)34-23(13-12-16)18(3)14-22-15-35-21(6)29-22/h12,14-15,17,19-20,23-24,26,30,32H,9-11,13H2,1-8H3/b16-12-,18-14+/t17-,19?,20?,23-,24-,26-/m0/s1. The first-order valence-electron chi connectivity index (χ1n) is 12.6. The molecule has 7 heteroatoms. The van der Waals surface area contributed by atoms with E-state index in [4.69, 9.17) is 4.74 Å². The minimum Gasteiger partial charge on any atom is -0.457 e. The van der Waals surface area contributed by atoms with E-state index in [1.165, 1.54) is 5.57 Å². The number of thiazole rings is 1. The van der Waals surface area contributed by atoms with Gasteiger partial charge >= 0.3 is 5.97 Å². The monoisotopic (exact) mass is 505 g/mol. The van der Waals surface area contributed by atoms with Crippen LogP contribution in [-0.2, 0) is 14.3 Å². The Labute approximate surface area is 214 Å². The largest absolute Gasteiger partial charge is 0.457 e. The normalized spacial score (nSPS) is 33.7. The van der Waals surface area contributed by atoms with Gasteiger partial charge in [0.05, 0.1) is 34.2 Å². The van der Waals surface area contributed by atoms with Crippen molar-refractivity contribution in [2.24, 2.45) is 23.2 Å². The lowest BCUT2D eigenvalue weighted by Gasteiger charge is -2.36. The van der Waals surface area contributed by atoms with E-state index in [-0.39, 0.29) is 11.7 Å². The van der Waals surface area contributed by atoms with Gasteiger partial charge in [-0.2, -0.15) is 0 Å². The smallest absolute Gasteiger partial charge is 0.311 e. The van der Waals surface area contributed by atoms with Crippen LogP contribution in [0.1, 0.15) is 84.9 Å². The van der Waals surface area contributed by atoms with E-state index in [2.05, 4.69) is 18.0 Å². The second kappa shape index (κ2) is 12.4. The number of hydrogen-bond acceptors (Lipinski definition) is 7. The molecule has 2 rings (SSSR count). The van der Waals surface area contributed by atoms with Crippen LogP contribution in [0.15, 0.2) is 22.6 Å². The molecule has 2 N–H and O–H groups in total. The average Bonchev–Trinajstić information content (AvgIpc) is 3.22. The number of aromatic nitrogens is 1. The highest BCUT2D eigenvalue weighted by Gasteiger charge is 2.45. The Morgan fingerprint density at radius 1 is 1.17 bits per heavy atom. The van der Waals surface area contributed by atoms with Crippen LogP contribution < -0.4 is 0 Å². The van der Waals surface area contributed by atoms with Crippen LogP contribution in [0.5, 0.6) is 0 Å². The van der Waals surface area contributed by atoms with Gasteiger partial charge in [-0.05, 0) is 64.5 Å². The van der Waals surface area contributed by atoms with Crippen molar-refractivity contribution in [2.45, 2.75) is 99.4 Å².